The van der Waals surface area contributed by atoms with Crippen molar-refractivity contribution >= 4 is 17.6 Å². The lowest BCUT2D eigenvalue weighted by Gasteiger charge is -1.98. The minimum Gasteiger partial charge on any atom is -0.466 e. The number of carbonyl (C=O) groups excluding carboxylic acids is 1. The Bertz CT molecular complexity index is 595. The number of esters is 1. The number of carbonyl (C=O) groups is 1. The second kappa shape index (κ2) is 6.47. The van der Waals surface area contributed by atoms with Gasteiger partial charge in [0.1, 0.15) is 5.15 Å². The van der Waals surface area contributed by atoms with E-state index in [1.54, 1.807) is 30.9 Å². The Morgan fingerprint density at radius 2 is 2.25 bits per heavy atom. The van der Waals surface area contributed by atoms with Gasteiger partial charge in [-0.05, 0) is 19.1 Å². The van der Waals surface area contributed by atoms with Gasteiger partial charge in [0.2, 0.25) is 0 Å². The minimum absolute atomic E-state index is 0.241. The van der Waals surface area contributed by atoms with E-state index in [0.29, 0.717) is 29.8 Å². The first-order chi connectivity index (χ1) is 9.60. The number of aromatic nitrogens is 4. The van der Waals surface area contributed by atoms with Crippen molar-refractivity contribution in [3.63, 3.8) is 0 Å². The van der Waals surface area contributed by atoms with Crippen LogP contribution in [0.5, 0.6) is 0 Å². The first kappa shape index (κ1) is 14.5. The molecule has 20 heavy (non-hydrogen) atoms. The third-order valence-electron chi connectivity index (χ3n) is 2.65. The number of pyridine rings is 1. The van der Waals surface area contributed by atoms with Gasteiger partial charge in [0.05, 0.1) is 13.0 Å². The van der Waals surface area contributed by atoms with Crippen LogP contribution in [0.2, 0.25) is 5.15 Å². The lowest BCUT2D eigenvalue weighted by atomic mass is 10.2. The van der Waals surface area contributed by atoms with Gasteiger partial charge in [0.15, 0.2) is 11.6 Å². The quantitative estimate of drug-likeness (QED) is 0.623. The number of aryl methyl sites for hydroxylation is 2. The summed E-state index contributed by atoms with van der Waals surface area (Å²) in [6, 6.07) is 3.53. The first-order valence-corrected chi connectivity index (χ1v) is 6.65. The van der Waals surface area contributed by atoms with E-state index in [-0.39, 0.29) is 12.4 Å². The topological polar surface area (TPSA) is 69.9 Å². The fraction of sp³-hybridized carbons (Fsp3) is 0.385. The predicted octanol–water partition coefficient (Wildman–Crippen LogP) is 2.03. The average molecular weight is 295 g/mol. The summed E-state index contributed by atoms with van der Waals surface area (Å²) >= 11 is 5.75. The van der Waals surface area contributed by atoms with E-state index in [0.717, 1.165) is 5.56 Å². The van der Waals surface area contributed by atoms with Gasteiger partial charge in [-0.3, -0.25) is 4.79 Å². The maximum absolute atomic E-state index is 11.3. The predicted molar refractivity (Wildman–Crippen MR) is 74.2 cm³/mol. The normalized spacial score (nSPS) is 10.6. The SMILES string of the molecule is CCOC(=O)CCc1nc(-c2ccc(Cl)nc2)n(C)n1. The van der Waals surface area contributed by atoms with Crippen LogP contribution in [0.15, 0.2) is 18.3 Å². The number of hydrogen-bond acceptors (Lipinski definition) is 5. The summed E-state index contributed by atoms with van der Waals surface area (Å²) < 4.78 is 6.53. The Labute approximate surface area is 121 Å². The molecule has 0 saturated carbocycles. The number of ether oxygens (including phenoxy) is 1. The van der Waals surface area contributed by atoms with Crippen molar-refractivity contribution in [3.05, 3.63) is 29.3 Å². The second-order valence-corrected chi connectivity index (χ2v) is 4.54. The molecule has 0 amide bonds. The van der Waals surface area contributed by atoms with E-state index >= 15 is 0 Å². The number of hydrogen-bond donors (Lipinski definition) is 0. The Hall–Kier alpha value is -1.95. The lowest BCUT2D eigenvalue weighted by molar-refractivity contribution is -0.143. The van der Waals surface area contributed by atoms with Crippen molar-refractivity contribution in [2.75, 3.05) is 6.61 Å². The standard InChI is InChI=1S/C13H15ClN4O2/c1-3-20-12(19)7-6-11-16-13(18(2)17-11)9-4-5-10(14)15-8-9/h4-5,8H,3,6-7H2,1-2H3. The van der Waals surface area contributed by atoms with Gasteiger partial charge in [-0.1, -0.05) is 11.6 Å². The summed E-state index contributed by atoms with van der Waals surface area (Å²) in [4.78, 5) is 19.7. The molecule has 0 aromatic carbocycles. The molecule has 0 aliphatic rings. The molecule has 0 aliphatic heterocycles. The summed E-state index contributed by atoms with van der Waals surface area (Å²) in [6.45, 7) is 2.17. The average Bonchev–Trinajstić information content (AvgIpc) is 2.79. The van der Waals surface area contributed by atoms with Crippen molar-refractivity contribution < 1.29 is 9.53 Å². The molecule has 2 rings (SSSR count). The summed E-state index contributed by atoms with van der Waals surface area (Å²) in [5.41, 5.74) is 0.826. The molecule has 2 heterocycles. The molecule has 7 heteroatoms. The molecule has 0 spiro atoms. The molecule has 0 radical (unpaired) electrons. The molecule has 0 bridgehead atoms. The Morgan fingerprint density at radius 3 is 2.90 bits per heavy atom. The Balaban J connectivity index is 2.09. The van der Waals surface area contributed by atoms with Crippen LogP contribution in [-0.4, -0.2) is 32.3 Å². The van der Waals surface area contributed by atoms with E-state index in [4.69, 9.17) is 16.3 Å². The maximum Gasteiger partial charge on any atom is 0.306 e. The zero-order chi connectivity index (χ0) is 14.5. The van der Waals surface area contributed by atoms with Gasteiger partial charge in [0.25, 0.3) is 0 Å². The first-order valence-electron chi connectivity index (χ1n) is 6.27. The molecule has 2 aromatic heterocycles. The van der Waals surface area contributed by atoms with E-state index in [1.165, 1.54) is 0 Å². The molecule has 0 unspecified atom stereocenters. The van der Waals surface area contributed by atoms with Crippen LogP contribution in [0, 0.1) is 0 Å². The fourth-order valence-corrected chi connectivity index (χ4v) is 1.86. The molecule has 0 saturated heterocycles. The molecule has 106 valence electrons. The minimum atomic E-state index is -0.241. The third-order valence-corrected chi connectivity index (χ3v) is 2.87. The Morgan fingerprint density at radius 1 is 1.45 bits per heavy atom. The monoisotopic (exact) mass is 294 g/mol. The Kier molecular flexibility index (Phi) is 4.68. The fourth-order valence-electron chi connectivity index (χ4n) is 1.75. The van der Waals surface area contributed by atoms with Gasteiger partial charge < -0.3 is 4.74 Å². The zero-order valence-electron chi connectivity index (χ0n) is 11.3. The van der Waals surface area contributed by atoms with Gasteiger partial charge in [0, 0.05) is 25.2 Å². The second-order valence-electron chi connectivity index (χ2n) is 4.15. The summed E-state index contributed by atoms with van der Waals surface area (Å²) in [7, 11) is 1.80. The van der Waals surface area contributed by atoms with Crippen molar-refractivity contribution in [3.8, 4) is 11.4 Å². The summed E-state index contributed by atoms with van der Waals surface area (Å²) in [5, 5.41) is 4.71. The van der Waals surface area contributed by atoms with Crippen LogP contribution < -0.4 is 0 Å². The molecule has 6 nitrogen and oxygen atoms in total. The highest BCUT2D eigenvalue weighted by atomic mass is 35.5. The van der Waals surface area contributed by atoms with Gasteiger partial charge in [-0.2, -0.15) is 5.10 Å². The summed E-state index contributed by atoms with van der Waals surface area (Å²) in [6.07, 6.45) is 2.37. The van der Waals surface area contributed by atoms with E-state index in [1.807, 2.05) is 6.07 Å². The third kappa shape index (κ3) is 3.54. The van der Waals surface area contributed by atoms with Crippen molar-refractivity contribution in [1.82, 2.24) is 19.7 Å². The largest absolute Gasteiger partial charge is 0.466 e. The highest BCUT2D eigenvalue weighted by Gasteiger charge is 2.11. The van der Waals surface area contributed by atoms with Crippen LogP contribution in [0.1, 0.15) is 19.2 Å². The van der Waals surface area contributed by atoms with Crippen LogP contribution in [0.3, 0.4) is 0 Å². The number of rotatable bonds is 5. The molecule has 0 fully saturated rings. The molecule has 0 N–H and O–H groups in total. The van der Waals surface area contributed by atoms with Crippen LogP contribution in [0.25, 0.3) is 11.4 Å². The van der Waals surface area contributed by atoms with Crippen molar-refractivity contribution in [2.24, 2.45) is 7.05 Å². The van der Waals surface area contributed by atoms with Crippen molar-refractivity contribution in [2.45, 2.75) is 19.8 Å². The van der Waals surface area contributed by atoms with Gasteiger partial charge in [-0.25, -0.2) is 14.6 Å². The zero-order valence-corrected chi connectivity index (χ0v) is 12.1. The van der Waals surface area contributed by atoms with Crippen molar-refractivity contribution in [1.29, 1.82) is 0 Å². The summed E-state index contributed by atoms with van der Waals surface area (Å²) in [5.74, 6) is 1.05. The lowest BCUT2D eigenvalue weighted by Crippen LogP contribution is -2.06. The van der Waals surface area contributed by atoms with Crippen LogP contribution in [0.4, 0.5) is 0 Å². The van der Waals surface area contributed by atoms with E-state index < -0.39 is 0 Å². The highest BCUT2D eigenvalue weighted by Crippen LogP contribution is 2.17. The molecule has 2 aromatic rings. The molecule has 0 atom stereocenters. The van der Waals surface area contributed by atoms with E-state index in [2.05, 4.69) is 15.1 Å². The van der Waals surface area contributed by atoms with Crippen LogP contribution in [-0.2, 0) is 23.0 Å². The number of halogens is 1. The number of nitrogens with zero attached hydrogens (tertiary/aromatic N) is 4. The van der Waals surface area contributed by atoms with Crippen LogP contribution >= 0.6 is 11.6 Å². The smallest absolute Gasteiger partial charge is 0.306 e. The molecular weight excluding hydrogens is 280 g/mol. The van der Waals surface area contributed by atoms with Gasteiger partial charge in [-0.15, -0.1) is 0 Å². The maximum atomic E-state index is 11.3. The van der Waals surface area contributed by atoms with E-state index in [9.17, 15) is 4.79 Å². The molecule has 0 aliphatic carbocycles. The molecular formula is C13H15ClN4O2. The van der Waals surface area contributed by atoms with Gasteiger partial charge >= 0.3 is 5.97 Å². The highest BCUT2D eigenvalue weighted by molar-refractivity contribution is 6.29.